The van der Waals surface area contributed by atoms with Gasteiger partial charge in [-0.15, -0.1) is 0 Å². The molecule has 5 heteroatoms. The number of rotatable bonds is 4. The quantitative estimate of drug-likeness (QED) is 0.460. The fraction of sp³-hybridized carbons (Fsp3) is 0.833. The highest BCUT2D eigenvalue weighted by Gasteiger charge is 1.95. The van der Waals surface area contributed by atoms with Gasteiger partial charge in [0.15, 0.2) is 0 Å². The summed E-state index contributed by atoms with van der Waals surface area (Å²) in [7, 11) is -3.21. The Hall–Kier alpha value is -0.580. The van der Waals surface area contributed by atoms with Crippen molar-refractivity contribution in [3.63, 3.8) is 0 Å². The summed E-state index contributed by atoms with van der Waals surface area (Å²) in [6, 6.07) is 0. The van der Waals surface area contributed by atoms with E-state index < -0.39 is 10.0 Å². The van der Waals surface area contributed by atoms with Crippen LogP contribution in [0.4, 0.5) is 0 Å². The van der Waals surface area contributed by atoms with Crippen molar-refractivity contribution in [1.29, 1.82) is 0 Å². The molecule has 0 rings (SSSR count). The number of hydrogen-bond donors (Lipinski definition) is 0. The molecule has 4 nitrogen and oxygen atoms in total. The summed E-state index contributed by atoms with van der Waals surface area (Å²) in [5.41, 5.74) is 0. The largest absolute Gasteiger partial charge is 0.362 e. The second-order valence-corrected chi connectivity index (χ2v) is 3.85. The van der Waals surface area contributed by atoms with E-state index in [4.69, 9.17) is 0 Å². The molecule has 0 aliphatic carbocycles. The molecule has 0 aromatic rings. The third-order valence-electron chi connectivity index (χ3n) is 1.21. The van der Waals surface area contributed by atoms with E-state index in [1.807, 2.05) is 13.8 Å². The maximum absolute atomic E-state index is 10.5. The summed E-state index contributed by atoms with van der Waals surface area (Å²) in [6.07, 6.45) is 2.43. The van der Waals surface area contributed by atoms with Gasteiger partial charge in [-0.05, 0) is 13.8 Å². The van der Waals surface area contributed by atoms with Crippen molar-refractivity contribution in [3.05, 3.63) is 0 Å². The van der Waals surface area contributed by atoms with Crippen molar-refractivity contribution in [3.8, 4) is 0 Å². The molecule has 0 fully saturated rings. The Morgan fingerprint density at radius 3 is 2.09 bits per heavy atom. The van der Waals surface area contributed by atoms with E-state index in [-0.39, 0.29) is 0 Å². The first-order chi connectivity index (χ1) is 4.99. The van der Waals surface area contributed by atoms with Crippen molar-refractivity contribution in [2.24, 2.45) is 4.40 Å². The SMILES string of the molecule is CCN(/C=N/S(C)(=O)=O)CC. The third kappa shape index (κ3) is 5.84. The van der Waals surface area contributed by atoms with Crippen LogP contribution in [-0.2, 0) is 10.0 Å². The first-order valence-corrected chi connectivity index (χ1v) is 5.34. The molecular weight excluding hydrogens is 164 g/mol. The average Bonchev–Trinajstić information content (AvgIpc) is 1.88. The van der Waals surface area contributed by atoms with Gasteiger partial charge < -0.3 is 4.90 Å². The third-order valence-corrected chi connectivity index (χ3v) is 1.69. The van der Waals surface area contributed by atoms with E-state index in [1.165, 1.54) is 6.34 Å². The van der Waals surface area contributed by atoms with Gasteiger partial charge in [-0.2, -0.15) is 4.40 Å². The summed E-state index contributed by atoms with van der Waals surface area (Å²) >= 11 is 0. The summed E-state index contributed by atoms with van der Waals surface area (Å²) in [4.78, 5) is 1.81. The van der Waals surface area contributed by atoms with E-state index in [9.17, 15) is 8.42 Å². The summed E-state index contributed by atoms with van der Waals surface area (Å²) in [5.74, 6) is 0. The fourth-order valence-corrected chi connectivity index (χ4v) is 0.844. The molecule has 0 aromatic heterocycles. The van der Waals surface area contributed by atoms with Gasteiger partial charge in [0, 0.05) is 13.1 Å². The van der Waals surface area contributed by atoms with Crippen molar-refractivity contribution in [1.82, 2.24) is 4.90 Å². The molecule has 0 spiro atoms. The molecule has 0 aromatic carbocycles. The Morgan fingerprint density at radius 1 is 1.36 bits per heavy atom. The lowest BCUT2D eigenvalue weighted by molar-refractivity contribution is 0.480. The number of nitrogens with zero attached hydrogens (tertiary/aromatic N) is 2. The first-order valence-electron chi connectivity index (χ1n) is 3.49. The zero-order valence-corrected chi connectivity index (χ0v) is 7.93. The molecule has 0 unspecified atom stereocenters. The minimum Gasteiger partial charge on any atom is -0.362 e. The van der Waals surface area contributed by atoms with E-state index in [2.05, 4.69) is 4.40 Å². The predicted octanol–water partition coefficient (Wildman–Crippen LogP) is 0.316. The minimum absolute atomic E-state index is 0.773. The predicted molar refractivity (Wildman–Crippen MR) is 46.3 cm³/mol. The lowest BCUT2D eigenvalue weighted by atomic mass is 10.6. The Kier molecular flexibility index (Phi) is 4.10. The van der Waals surface area contributed by atoms with Crippen LogP contribution in [0.2, 0.25) is 0 Å². The molecule has 0 radical (unpaired) electrons. The van der Waals surface area contributed by atoms with Crippen LogP contribution in [0.25, 0.3) is 0 Å². The minimum atomic E-state index is -3.21. The Bertz CT molecular complexity index is 217. The first kappa shape index (κ1) is 10.4. The Labute approximate surface area is 68.0 Å². The van der Waals surface area contributed by atoms with E-state index in [0.717, 1.165) is 19.3 Å². The van der Waals surface area contributed by atoms with Crippen LogP contribution < -0.4 is 0 Å². The van der Waals surface area contributed by atoms with Crippen molar-refractivity contribution in [2.45, 2.75) is 13.8 Å². The Morgan fingerprint density at radius 2 is 1.82 bits per heavy atom. The molecule has 0 bridgehead atoms. The lowest BCUT2D eigenvalue weighted by Crippen LogP contribution is -2.21. The molecule has 0 N–H and O–H groups in total. The summed E-state index contributed by atoms with van der Waals surface area (Å²) in [5, 5.41) is 0. The number of hydrogen-bond acceptors (Lipinski definition) is 2. The van der Waals surface area contributed by atoms with Crippen LogP contribution in [-0.4, -0.2) is 39.0 Å². The molecule has 66 valence electrons. The summed E-state index contributed by atoms with van der Waals surface area (Å²) < 4.78 is 24.5. The Balaban J connectivity index is 4.11. The van der Waals surface area contributed by atoms with E-state index >= 15 is 0 Å². The second kappa shape index (κ2) is 4.33. The van der Waals surface area contributed by atoms with Gasteiger partial charge in [0.2, 0.25) is 0 Å². The molecule has 11 heavy (non-hydrogen) atoms. The van der Waals surface area contributed by atoms with Crippen molar-refractivity contribution >= 4 is 16.4 Å². The van der Waals surface area contributed by atoms with Gasteiger partial charge in [0.1, 0.15) is 6.34 Å². The van der Waals surface area contributed by atoms with Gasteiger partial charge in [0.25, 0.3) is 10.0 Å². The molecule has 0 atom stereocenters. The van der Waals surface area contributed by atoms with Gasteiger partial charge in [-0.1, -0.05) is 0 Å². The van der Waals surface area contributed by atoms with E-state index in [0.29, 0.717) is 0 Å². The fourth-order valence-electron chi connectivity index (χ4n) is 0.539. The summed E-state index contributed by atoms with van der Waals surface area (Å²) in [6.45, 7) is 5.43. The highest BCUT2D eigenvalue weighted by atomic mass is 32.2. The van der Waals surface area contributed by atoms with Crippen LogP contribution in [0.3, 0.4) is 0 Å². The van der Waals surface area contributed by atoms with Gasteiger partial charge in [0.05, 0.1) is 6.26 Å². The molecule has 0 saturated heterocycles. The molecule has 0 amide bonds. The van der Waals surface area contributed by atoms with Crippen LogP contribution in [0.5, 0.6) is 0 Å². The number of sulfonamides is 1. The van der Waals surface area contributed by atoms with Crippen LogP contribution >= 0.6 is 0 Å². The lowest BCUT2D eigenvalue weighted by Gasteiger charge is -2.12. The zero-order valence-electron chi connectivity index (χ0n) is 7.11. The maximum Gasteiger partial charge on any atom is 0.251 e. The highest BCUT2D eigenvalue weighted by Crippen LogP contribution is 1.86. The second-order valence-electron chi connectivity index (χ2n) is 2.18. The normalized spacial score (nSPS) is 12.3. The monoisotopic (exact) mass is 178 g/mol. The van der Waals surface area contributed by atoms with Gasteiger partial charge >= 0.3 is 0 Å². The molecule has 0 aliphatic rings. The van der Waals surface area contributed by atoms with Crippen LogP contribution in [0.15, 0.2) is 4.40 Å². The maximum atomic E-state index is 10.5. The molecule has 0 aliphatic heterocycles. The standard InChI is InChI=1S/C6H14N2O2S/c1-4-8(5-2)6-7-11(3,9)10/h6H,4-5H2,1-3H3/b7-6+. The smallest absolute Gasteiger partial charge is 0.251 e. The van der Waals surface area contributed by atoms with Crippen molar-refractivity contribution < 1.29 is 8.42 Å². The zero-order chi connectivity index (χ0) is 8.91. The van der Waals surface area contributed by atoms with Crippen molar-refractivity contribution in [2.75, 3.05) is 19.3 Å². The average molecular weight is 178 g/mol. The van der Waals surface area contributed by atoms with Crippen LogP contribution in [0, 0.1) is 0 Å². The molecule has 0 saturated carbocycles. The molecular formula is C6H14N2O2S. The highest BCUT2D eigenvalue weighted by molar-refractivity contribution is 7.89. The van der Waals surface area contributed by atoms with E-state index in [1.54, 1.807) is 4.90 Å². The topological polar surface area (TPSA) is 49.7 Å². The molecule has 0 heterocycles. The van der Waals surface area contributed by atoms with Crippen LogP contribution in [0.1, 0.15) is 13.8 Å². The van der Waals surface area contributed by atoms with Gasteiger partial charge in [-0.25, -0.2) is 8.42 Å². The van der Waals surface area contributed by atoms with Gasteiger partial charge in [-0.3, -0.25) is 0 Å².